The molecule has 0 saturated carbocycles. The highest BCUT2D eigenvalue weighted by Crippen LogP contribution is 2.26. The van der Waals surface area contributed by atoms with Crippen molar-refractivity contribution in [1.82, 2.24) is 24.6 Å². The zero-order valence-electron chi connectivity index (χ0n) is 16.6. The first-order valence-electron chi connectivity index (χ1n) is 9.92. The standard InChI is InChI=1S/C21H22N6O3/c1-29-20(28)14-4-5-18-15(9-14)10-16(25-18)11-30-12-17-3-2-8-26(17)19-6-7-22-21-23-13-24-27(19)21/h4-7,9-10,13,17,25H,2-3,8,11-12H2,1H3/t17-/m1/s1. The molecule has 9 nitrogen and oxygen atoms in total. The number of H-pyrrole nitrogens is 1. The largest absolute Gasteiger partial charge is 0.465 e. The van der Waals surface area contributed by atoms with Crippen LogP contribution in [0.3, 0.4) is 0 Å². The molecule has 9 heteroatoms. The van der Waals surface area contributed by atoms with Crippen molar-refractivity contribution in [2.45, 2.75) is 25.5 Å². The average molecular weight is 406 g/mol. The normalized spacial score (nSPS) is 16.6. The highest BCUT2D eigenvalue weighted by molar-refractivity contribution is 5.94. The predicted molar refractivity (Wildman–Crippen MR) is 110 cm³/mol. The second-order valence-electron chi connectivity index (χ2n) is 7.37. The molecular weight excluding hydrogens is 384 g/mol. The summed E-state index contributed by atoms with van der Waals surface area (Å²) in [6.45, 7) is 2.04. The monoisotopic (exact) mass is 406 g/mol. The third kappa shape index (κ3) is 3.37. The van der Waals surface area contributed by atoms with Gasteiger partial charge in [0, 0.05) is 29.3 Å². The van der Waals surface area contributed by atoms with Crippen LogP contribution in [-0.4, -0.2) is 56.8 Å². The summed E-state index contributed by atoms with van der Waals surface area (Å²) in [5.41, 5.74) is 2.48. The molecule has 4 aromatic rings. The number of hydrogen-bond acceptors (Lipinski definition) is 7. The van der Waals surface area contributed by atoms with Gasteiger partial charge in [-0.2, -0.15) is 14.6 Å². The van der Waals surface area contributed by atoms with E-state index in [1.165, 1.54) is 13.4 Å². The first kappa shape index (κ1) is 18.6. The molecule has 1 aliphatic rings. The lowest BCUT2D eigenvalue weighted by atomic mass is 10.1. The van der Waals surface area contributed by atoms with Crippen LogP contribution in [0.2, 0.25) is 0 Å². The summed E-state index contributed by atoms with van der Waals surface area (Å²) < 4.78 is 12.6. The molecule has 3 aromatic heterocycles. The molecule has 0 unspecified atom stereocenters. The van der Waals surface area contributed by atoms with Crippen LogP contribution in [0.1, 0.15) is 28.9 Å². The van der Waals surface area contributed by atoms with Crippen LogP contribution in [-0.2, 0) is 16.1 Å². The summed E-state index contributed by atoms with van der Waals surface area (Å²) in [5.74, 6) is 1.25. The van der Waals surface area contributed by atoms with Gasteiger partial charge in [0.1, 0.15) is 12.1 Å². The first-order chi connectivity index (χ1) is 14.7. The lowest BCUT2D eigenvalue weighted by Gasteiger charge is -2.26. The van der Waals surface area contributed by atoms with Gasteiger partial charge in [-0.05, 0) is 43.2 Å². The lowest BCUT2D eigenvalue weighted by Crippen LogP contribution is -2.34. The average Bonchev–Trinajstić information content (AvgIpc) is 3.51. The second-order valence-corrected chi connectivity index (χ2v) is 7.37. The number of benzene rings is 1. The number of hydrogen-bond donors (Lipinski definition) is 1. The van der Waals surface area contributed by atoms with Gasteiger partial charge < -0.3 is 19.4 Å². The molecule has 1 aliphatic heterocycles. The molecule has 0 aliphatic carbocycles. The molecule has 30 heavy (non-hydrogen) atoms. The van der Waals surface area contributed by atoms with Crippen molar-refractivity contribution < 1.29 is 14.3 Å². The Morgan fingerprint density at radius 2 is 2.20 bits per heavy atom. The number of aromatic amines is 1. The van der Waals surface area contributed by atoms with Crippen LogP contribution >= 0.6 is 0 Å². The van der Waals surface area contributed by atoms with Gasteiger partial charge in [-0.3, -0.25) is 0 Å². The number of nitrogens with zero attached hydrogens (tertiary/aromatic N) is 5. The van der Waals surface area contributed by atoms with Crippen molar-refractivity contribution in [3.05, 3.63) is 54.1 Å². The van der Waals surface area contributed by atoms with Crippen LogP contribution in [0.4, 0.5) is 5.82 Å². The van der Waals surface area contributed by atoms with E-state index in [-0.39, 0.29) is 12.0 Å². The van der Waals surface area contributed by atoms with Crippen molar-refractivity contribution in [2.75, 3.05) is 25.2 Å². The summed E-state index contributed by atoms with van der Waals surface area (Å²) in [6, 6.07) is 9.72. The first-order valence-corrected chi connectivity index (χ1v) is 9.92. The van der Waals surface area contributed by atoms with Crippen molar-refractivity contribution in [1.29, 1.82) is 0 Å². The maximum absolute atomic E-state index is 11.7. The molecule has 0 amide bonds. The Labute approximate surface area is 172 Å². The molecule has 0 radical (unpaired) electrons. The van der Waals surface area contributed by atoms with Crippen LogP contribution < -0.4 is 4.90 Å². The highest BCUT2D eigenvalue weighted by atomic mass is 16.5. The van der Waals surface area contributed by atoms with E-state index in [4.69, 9.17) is 9.47 Å². The van der Waals surface area contributed by atoms with E-state index in [0.717, 1.165) is 41.8 Å². The molecule has 0 spiro atoms. The number of ether oxygens (including phenoxy) is 2. The van der Waals surface area contributed by atoms with Gasteiger partial charge in [0.05, 0.1) is 31.9 Å². The quantitative estimate of drug-likeness (QED) is 0.492. The minimum atomic E-state index is -0.338. The zero-order valence-corrected chi connectivity index (χ0v) is 16.6. The van der Waals surface area contributed by atoms with E-state index in [0.29, 0.717) is 24.6 Å². The Kier molecular flexibility index (Phi) is 4.80. The third-order valence-corrected chi connectivity index (χ3v) is 5.50. The van der Waals surface area contributed by atoms with Gasteiger partial charge >= 0.3 is 5.97 Å². The maximum atomic E-state index is 11.7. The van der Waals surface area contributed by atoms with Gasteiger partial charge in [-0.25, -0.2) is 9.78 Å². The molecular formula is C21H22N6O3. The maximum Gasteiger partial charge on any atom is 0.337 e. The lowest BCUT2D eigenvalue weighted by molar-refractivity contribution is 0.0601. The topological polar surface area (TPSA) is 97.6 Å². The van der Waals surface area contributed by atoms with Crippen LogP contribution in [0.25, 0.3) is 16.7 Å². The molecule has 0 bridgehead atoms. The number of carbonyl (C=O) groups is 1. The van der Waals surface area contributed by atoms with Crippen molar-refractivity contribution in [3.63, 3.8) is 0 Å². The van der Waals surface area contributed by atoms with Crippen LogP contribution in [0, 0.1) is 0 Å². The summed E-state index contributed by atoms with van der Waals surface area (Å²) >= 11 is 0. The van der Waals surface area contributed by atoms with E-state index in [9.17, 15) is 4.79 Å². The number of rotatable bonds is 6. The van der Waals surface area contributed by atoms with Crippen LogP contribution in [0.5, 0.6) is 0 Å². The summed E-state index contributed by atoms with van der Waals surface area (Å²) in [7, 11) is 1.38. The number of aromatic nitrogens is 5. The summed E-state index contributed by atoms with van der Waals surface area (Å²) in [4.78, 5) is 25.8. The van der Waals surface area contributed by atoms with E-state index in [1.807, 2.05) is 24.3 Å². The molecule has 1 aromatic carbocycles. The Morgan fingerprint density at radius 1 is 1.27 bits per heavy atom. The highest BCUT2D eigenvalue weighted by Gasteiger charge is 2.27. The van der Waals surface area contributed by atoms with Gasteiger partial charge in [-0.1, -0.05) is 0 Å². The third-order valence-electron chi connectivity index (χ3n) is 5.50. The van der Waals surface area contributed by atoms with Crippen molar-refractivity contribution in [3.8, 4) is 0 Å². The van der Waals surface area contributed by atoms with Crippen LogP contribution in [0.15, 0.2) is 42.9 Å². The van der Waals surface area contributed by atoms with E-state index in [1.54, 1.807) is 16.8 Å². The SMILES string of the molecule is COC(=O)c1ccc2[nH]c(COC[C@H]3CCCN3c3ccnc4ncnn34)cc2c1. The second kappa shape index (κ2) is 7.75. The number of fused-ring (bicyclic) bond motifs is 2. The van der Waals surface area contributed by atoms with Gasteiger partial charge in [0.15, 0.2) is 0 Å². The fourth-order valence-electron chi connectivity index (χ4n) is 4.07. The molecule has 1 N–H and O–H groups in total. The molecule has 4 heterocycles. The van der Waals surface area contributed by atoms with E-state index in [2.05, 4.69) is 25.0 Å². The van der Waals surface area contributed by atoms with E-state index >= 15 is 0 Å². The Balaban J connectivity index is 1.26. The minimum absolute atomic E-state index is 0.273. The van der Waals surface area contributed by atoms with Gasteiger partial charge in [0.25, 0.3) is 5.78 Å². The van der Waals surface area contributed by atoms with Crippen molar-refractivity contribution in [2.24, 2.45) is 0 Å². The molecule has 1 atom stereocenters. The fraction of sp³-hybridized carbons (Fsp3) is 0.333. The number of esters is 1. The Hall–Kier alpha value is -3.46. The summed E-state index contributed by atoms with van der Waals surface area (Å²) in [6.07, 6.45) is 5.46. The Bertz CT molecular complexity index is 1200. The fourth-order valence-corrected chi connectivity index (χ4v) is 4.07. The number of carbonyl (C=O) groups excluding carboxylic acids is 1. The molecule has 1 fully saturated rings. The predicted octanol–water partition coefficient (Wildman–Crippen LogP) is 2.58. The van der Waals surface area contributed by atoms with Gasteiger partial charge in [0.2, 0.25) is 0 Å². The van der Waals surface area contributed by atoms with Gasteiger partial charge in [-0.15, -0.1) is 0 Å². The smallest absolute Gasteiger partial charge is 0.337 e. The Morgan fingerprint density at radius 3 is 3.10 bits per heavy atom. The number of nitrogens with one attached hydrogen (secondary N) is 1. The zero-order chi connectivity index (χ0) is 20.5. The number of methoxy groups -OCH3 is 1. The number of anilines is 1. The molecule has 154 valence electrons. The summed E-state index contributed by atoms with van der Waals surface area (Å²) in [5, 5.41) is 5.26. The molecule has 5 rings (SSSR count). The minimum Gasteiger partial charge on any atom is -0.465 e. The van der Waals surface area contributed by atoms with E-state index < -0.39 is 0 Å². The molecule has 1 saturated heterocycles. The van der Waals surface area contributed by atoms with Crippen molar-refractivity contribution >= 4 is 28.5 Å².